The molecule has 6 heteroatoms. The fourth-order valence-electron chi connectivity index (χ4n) is 4.80. The molecule has 2 aromatic rings. The van der Waals surface area contributed by atoms with Crippen molar-refractivity contribution in [2.45, 2.75) is 57.2 Å². The van der Waals surface area contributed by atoms with Crippen molar-refractivity contribution in [2.75, 3.05) is 31.1 Å². The second-order valence-electron chi connectivity index (χ2n) is 8.70. The number of likely N-dealkylation sites (tertiary alicyclic amines) is 1. The molecule has 1 amide bonds. The van der Waals surface area contributed by atoms with Gasteiger partial charge in [0.1, 0.15) is 12.0 Å². The number of anilines is 1. The van der Waals surface area contributed by atoms with Gasteiger partial charge in [0.15, 0.2) is 0 Å². The van der Waals surface area contributed by atoms with Gasteiger partial charge in [-0.1, -0.05) is 36.8 Å². The number of nitrogens with zero attached hydrogens (tertiary/aromatic N) is 3. The molecule has 1 aromatic carbocycles. The van der Waals surface area contributed by atoms with E-state index in [1.165, 1.54) is 32.4 Å². The molecule has 1 unspecified atom stereocenters. The van der Waals surface area contributed by atoms with Crippen molar-refractivity contribution in [3.8, 4) is 0 Å². The lowest BCUT2D eigenvalue weighted by molar-refractivity contribution is 0.0765. The third kappa shape index (κ3) is 5.83. The van der Waals surface area contributed by atoms with Crippen LogP contribution in [0.1, 0.15) is 54.4 Å². The molecule has 0 spiro atoms. The Hall–Kier alpha value is -2.44. The molecular formula is C25H34N4O2. The third-order valence-electron chi connectivity index (χ3n) is 6.55. The number of carbonyl (C=O) groups excluding carboxylic acids is 1. The number of pyridine rings is 1. The van der Waals surface area contributed by atoms with Crippen molar-refractivity contribution >= 4 is 11.7 Å². The Morgan fingerprint density at radius 3 is 2.52 bits per heavy atom. The summed E-state index contributed by atoms with van der Waals surface area (Å²) in [5.74, 6) is 0.467. The molecule has 2 N–H and O–H groups in total. The van der Waals surface area contributed by atoms with Gasteiger partial charge in [-0.15, -0.1) is 0 Å². The molecule has 2 aliphatic rings. The lowest BCUT2D eigenvalue weighted by Crippen LogP contribution is -2.47. The van der Waals surface area contributed by atoms with Crippen LogP contribution in [0.2, 0.25) is 0 Å². The van der Waals surface area contributed by atoms with Crippen LogP contribution < -0.4 is 10.2 Å². The Kier molecular flexibility index (Phi) is 7.54. The number of rotatable bonds is 7. The van der Waals surface area contributed by atoms with E-state index in [2.05, 4.69) is 20.1 Å². The van der Waals surface area contributed by atoms with E-state index in [9.17, 15) is 9.90 Å². The predicted molar refractivity (Wildman–Crippen MR) is 123 cm³/mol. The largest absolute Gasteiger partial charge is 0.374 e. The lowest BCUT2D eigenvalue weighted by atomic mass is 9.99. The minimum absolute atomic E-state index is 0.262. The van der Waals surface area contributed by atoms with E-state index in [0.29, 0.717) is 24.4 Å². The van der Waals surface area contributed by atoms with Gasteiger partial charge >= 0.3 is 0 Å². The smallest absolute Gasteiger partial charge is 0.257 e. The highest BCUT2D eigenvalue weighted by molar-refractivity contribution is 5.99. The number of hydrogen-bond donors (Lipinski definition) is 2. The van der Waals surface area contributed by atoms with Crippen LogP contribution >= 0.6 is 0 Å². The summed E-state index contributed by atoms with van der Waals surface area (Å²) in [6, 6.07) is 14.2. The summed E-state index contributed by atoms with van der Waals surface area (Å²) in [6.07, 6.45) is 8.26. The molecule has 2 saturated heterocycles. The van der Waals surface area contributed by atoms with Crippen LogP contribution in [0.4, 0.5) is 5.82 Å². The standard InChI is InChI=1S/C25H34N4O2/c30-23(12-11-20-8-3-1-4-9-20)27-25(31)22-10-7-15-26-24(22)29-18-13-21(14-19-29)28-16-5-2-6-17-28/h1,3-4,7-10,15,21,23,30H,2,5-6,11-14,16-19H2,(H,27,31). The third-order valence-corrected chi connectivity index (χ3v) is 6.55. The van der Waals surface area contributed by atoms with Crippen LogP contribution in [0.5, 0.6) is 0 Å². The first-order valence-corrected chi connectivity index (χ1v) is 11.7. The van der Waals surface area contributed by atoms with Crippen LogP contribution in [0, 0.1) is 0 Å². The molecule has 166 valence electrons. The van der Waals surface area contributed by atoms with Crippen molar-refractivity contribution in [2.24, 2.45) is 0 Å². The zero-order chi connectivity index (χ0) is 21.5. The van der Waals surface area contributed by atoms with Gasteiger partial charge in [-0.25, -0.2) is 4.98 Å². The van der Waals surface area contributed by atoms with Gasteiger partial charge in [-0.05, 0) is 69.3 Å². The zero-order valence-corrected chi connectivity index (χ0v) is 18.2. The highest BCUT2D eigenvalue weighted by Gasteiger charge is 2.28. The number of hydrogen-bond acceptors (Lipinski definition) is 5. The molecule has 31 heavy (non-hydrogen) atoms. The van der Waals surface area contributed by atoms with Crippen LogP contribution in [-0.2, 0) is 6.42 Å². The Morgan fingerprint density at radius 1 is 1.03 bits per heavy atom. The Morgan fingerprint density at radius 2 is 1.77 bits per heavy atom. The highest BCUT2D eigenvalue weighted by atomic mass is 16.3. The molecule has 2 aliphatic heterocycles. The van der Waals surface area contributed by atoms with Gasteiger partial charge in [-0.3, -0.25) is 4.79 Å². The number of nitrogens with one attached hydrogen (secondary N) is 1. The number of piperidine rings is 2. The van der Waals surface area contributed by atoms with Gasteiger partial charge in [0, 0.05) is 25.3 Å². The van der Waals surface area contributed by atoms with Crippen molar-refractivity contribution in [3.05, 3.63) is 59.8 Å². The summed E-state index contributed by atoms with van der Waals surface area (Å²) in [5, 5.41) is 13.1. The normalized spacial score (nSPS) is 19.2. The van der Waals surface area contributed by atoms with Gasteiger partial charge in [-0.2, -0.15) is 0 Å². The van der Waals surface area contributed by atoms with Gasteiger partial charge in [0.05, 0.1) is 5.56 Å². The number of benzene rings is 1. The quantitative estimate of drug-likeness (QED) is 0.671. The Labute approximate surface area is 185 Å². The fraction of sp³-hybridized carbons (Fsp3) is 0.520. The molecule has 0 saturated carbocycles. The van der Waals surface area contributed by atoms with E-state index in [1.807, 2.05) is 30.3 Å². The average molecular weight is 423 g/mol. The summed E-state index contributed by atoms with van der Waals surface area (Å²) in [7, 11) is 0. The molecule has 1 aromatic heterocycles. The van der Waals surface area contributed by atoms with Gasteiger partial charge < -0.3 is 20.2 Å². The summed E-state index contributed by atoms with van der Waals surface area (Å²) in [5.41, 5.74) is 1.69. The monoisotopic (exact) mass is 422 g/mol. The molecule has 3 heterocycles. The number of aliphatic hydroxyl groups excluding tert-OH is 1. The molecule has 2 fully saturated rings. The van der Waals surface area contributed by atoms with E-state index in [1.54, 1.807) is 18.3 Å². The van der Waals surface area contributed by atoms with Gasteiger partial charge in [0.2, 0.25) is 0 Å². The minimum atomic E-state index is -0.884. The Bertz CT molecular complexity index is 830. The first-order valence-electron chi connectivity index (χ1n) is 11.7. The van der Waals surface area contributed by atoms with Crippen LogP contribution in [0.25, 0.3) is 0 Å². The molecule has 4 rings (SSSR count). The summed E-state index contributed by atoms with van der Waals surface area (Å²) >= 11 is 0. The maximum atomic E-state index is 12.9. The van der Waals surface area contributed by atoms with E-state index < -0.39 is 6.23 Å². The number of carbonyl (C=O) groups is 1. The number of aromatic nitrogens is 1. The SMILES string of the molecule is O=C(NC(O)CCc1ccccc1)c1cccnc1N1CCC(N2CCCCC2)CC1. The van der Waals surface area contributed by atoms with Crippen molar-refractivity contribution in [1.82, 2.24) is 15.2 Å². The fourth-order valence-corrected chi connectivity index (χ4v) is 4.80. The topological polar surface area (TPSA) is 68.7 Å². The first kappa shape index (κ1) is 21.8. The second-order valence-corrected chi connectivity index (χ2v) is 8.70. The molecule has 0 bridgehead atoms. The molecule has 6 nitrogen and oxygen atoms in total. The minimum Gasteiger partial charge on any atom is -0.374 e. The Balaban J connectivity index is 1.33. The van der Waals surface area contributed by atoms with Crippen LogP contribution in [0.3, 0.4) is 0 Å². The van der Waals surface area contributed by atoms with Crippen molar-refractivity contribution < 1.29 is 9.90 Å². The highest BCUT2D eigenvalue weighted by Crippen LogP contribution is 2.25. The van der Waals surface area contributed by atoms with Crippen molar-refractivity contribution in [1.29, 1.82) is 0 Å². The number of aliphatic hydroxyl groups is 1. The average Bonchev–Trinajstić information content (AvgIpc) is 2.84. The molecule has 0 aliphatic carbocycles. The lowest BCUT2D eigenvalue weighted by Gasteiger charge is -2.40. The summed E-state index contributed by atoms with van der Waals surface area (Å²) < 4.78 is 0. The number of aryl methyl sites for hydroxylation is 1. The van der Waals surface area contributed by atoms with E-state index >= 15 is 0 Å². The molecular weight excluding hydrogens is 388 g/mol. The van der Waals surface area contributed by atoms with E-state index in [-0.39, 0.29) is 5.91 Å². The molecule has 0 radical (unpaired) electrons. The maximum absolute atomic E-state index is 12.9. The molecule has 1 atom stereocenters. The predicted octanol–water partition coefficient (Wildman–Crippen LogP) is 3.22. The first-order chi connectivity index (χ1) is 15.2. The van der Waals surface area contributed by atoms with E-state index in [4.69, 9.17) is 0 Å². The summed E-state index contributed by atoms with van der Waals surface area (Å²) in [4.78, 5) is 22.3. The van der Waals surface area contributed by atoms with E-state index in [0.717, 1.165) is 37.3 Å². The van der Waals surface area contributed by atoms with Crippen LogP contribution in [-0.4, -0.2) is 59.3 Å². The zero-order valence-electron chi connectivity index (χ0n) is 18.2. The second kappa shape index (κ2) is 10.7. The maximum Gasteiger partial charge on any atom is 0.257 e. The van der Waals surface area contributed by atoms with Crippen molar-refractivity contribution in [3.63, 3.8) is 0 Å². The van der Waals surface area contributed by atoms with Gasteiger partial charge in [0.25, 0.3) is 5.91 Å². The number of amides is 1. The van der Waals surface area contributed by atoms with Crippen LogP contribution in [0.15, 0.2) is 48.7 Å². The summed E-state index contributed by atoms with van der Waals surface area (Å²) in [6.45, 7) is 4.27.